The van der Waals surface area contributed by atoms with Gasteiger partial charge in [0.15, 0.2) is 0 Å². The number of Topliss-reactive ketones (excluding diaryl/α,β-unsaturated/α-hetero) is 1. The van der Waals surface area contributed by atoms with Crippen LogP contribution in [-0.2, 0) is 11.2 Å². The Balaban J connectivity index is 1.70. The minimum absolute atomic E-state index is 0.384. The molecule has 2 nitrogen and oxygen atoms in total. The Bertz CT molecular complexity index is 341. The molecule has 1 N–H and O–H groups in total. The molecule has 1 aliphatic heterocycles. The van der Waals surface area contributed by atoms with Crippen LogP contribution in [-0.4, -0.2) is 18.9 Å². The van der Waals surface area contributed by atoms with Crippen molar-refractivity contribution < 1.29 is 4.79 Å². The zero-order chi connectivity index (χ0) is 11.9. The molecule has 1 aromatic rings. The summed E-state index contributed by atoms with van der Waals surface area (Å²) >= 11 is 0. The number of ketones is 1. The highest BCUT2D eigenvalue weighted by molar-refractivity contribution is 5.80. The van der Waals surface area contributed by atoms with Crippen molar-refractivity contribution in [3.8, 4) is 0 Å². The van der Waals surface area contributed by atoms with Crippen LogP contribution in [0.2, 0.25) is 0 Å². The Kier molecular flexibility index (Phi) is 4.75. The molecule has 0 unspecified atom stereocenters. The molecule has 17 heavy (non-hydrogen) atoms. The fourth-order valence-electron chi connectivity index (χ4n) is 2.45. The molecule has 92 valence electrons. The maximum atomic E-state index is 11.8. The summed E-state index contributed by atoms with van der Waals surface area (Å²) in [5.41, 5.74) is 1.14. The van der Waals surface area contributed by atoms with Gasteiger partial charge >= 0.3 is 0 Å². The van der Waals surface area contributed by atoms with Gasteiger partial charge in [0.2, 0.25) is 0 Å². The van der Waals surface area contributed by atoms with Crippen LogP contribution in [0.4, 0.5) is 0 Å². The summed E-state index contributed by atoms with van der Waals surface area (Å²) in [6.45, 7) is 2.25. The van der Waals surface area contributed by atoms with Crippen molar-refractivity contribution in [3.05, 3.63) is 35.9 Å². The molecule has 0 amide bonds. The van der Waals surface area contributed by atoms with Crippen LogP contribution in [0.3, 0.4) is 0 Å². The molecule has 1 heterocycles. The Morgan fingerprint density at radius 3 is 2.59 bits per heavy atom. The topological polar surface area (TPSA) is 29.1 Å². The molecule has 0 atom stereocenters. The van der Waals surface area contributed by atoms with E-state index in [2.05, 4.69) is 5.32 Å². The van der Waals surface area contributed by atoms with Gasteiger partial charge in [0, 0.05) is 12.8 Å². The van der Waals surface area contributed by atoms with Gasteiger partial charge in [-0.05, 0) is 43.8 Å². The molecule has 0 radical (unpaired) electrons. The first-order valence-corrected chi connectivity index (χ1v) is 6.61. The molecule has 1 aliphatic rings. The smallest absolute Gasteiger partial charge is 0.137 e. The molecule has 0 bridgehead atoms. The predicted octanol–water partition coefficient (Wildman–Crippen LogP) is 2.58. The number of carbonyl (C=O) groups excluding carboxylic acids is 1. The number of benzene rings is 1. The fraction of sp³-hybridized carbons (Fsp3) is 0.533. The molecule has 0 saturated carbocycles. The number of piperidine rings is 1. The second kappa shape index (κ2) is 6.55. The molecule has 0 aromatic heterocycles. The zero-order valence-electron chi connectivity index (χ0n) is 10.3. The van der Waals surface area contributed by atoms with E-state index in [-0.39, 0.29) is 0 Å². The predicted molar refractivity (Wildman–Crippen MR) is 70.0 cm³/mol. The van der Waals surface area contributed by atoms with Gasteiger partial charge in [0.05, 0.1) is 0 Å². The van der Waals surface area contributed by atoms with Gasteiger partial charge in [0.25, 0.3) is 0 Å². The second-order valence-electron chi connectivity index (χ2n) is 4.93. The van der Waals surface area contributed by atoms with E-state index < -0.39 is 0 Å². The first-order valence-electron chi connectivity index (χ1n) is 6.61. The van der Waals surface area contributed by atoms with Crippen LogP contribution in [0.5, 0.6) is 0 Å². The summed E-state index contributed by atoms with van der Waals surface area (Å²) in [7, 11) is 0. The third-order valence-electron chi connectivity index (χ3n) is 3.53. The fourth-order valence-corrected chi connectivity index (χ4v) is 2.45. The maximum Gasteiger partial charge on any atom is 0.137 e. The van der Waals surface area contributed by atoms with E-state index in [1.54, 1.807) is 0 Å². The second-order valence-corrected chi connectivity index (χ2v) is 4.93. The summed E-state index contributed by atoms with van der Waals surface area (Å²) in [6.07, 6.45) is 4.90. The lowest BCUT2D eigenvalue weighted by Gasteiger charge is -2.22. The lowest BCUT2D eigenvalue weighted by Crippen LogP contribution is -2.28. The Morgan fingerprint density at radius 1 is 1.18 bits per heavy atom. The van der Waals surface area contributed by atoms with Crippen molar-refractivity contribution in [3.63, 3.8) is 0 Å². The van der Waals surface area contributed by atoms with Gasteiger partial charge in [-0.15, -0.1) is 0 Å². The van der Waals surface area contributed by atoms with Gasteiger partial charge in [0.1, 0.15) is 5.78 Å². The first kappa shape index (κ1) is 12.3. The van der Waals surface area contributed by atoms with E-state index in [4.69, 9.17) is 0 Å². The zero-order valence-corrected chi connectivity index (χ0v) is 10.3. The summed E-state index contributed by atoms with van der Waals surface area (Å²) < 4.78 is 0. The number of nitrogens with one attached hydrogen (secondary N) is 1. The van der Waals surface area contributed by atoms with Crippen molar-refractivity contribution in [1.82, 2.24) is 5.32 Å². The summed E-state index contributed by atoms with van der Waals surface area (Å²) in [4.78, 5) is 11.8. The molecule has 1 aromatic carbocycles. The molecule has 2 heteroatoms. The van der Waals surface area contributed by atoms with E-state index in [9.17, 15) is 4.79 Å². The van der Waals surface area contributed by atoms with Crippen LogP contribution in [0.15, 0.2) is 30.3 Å². The molecule has 1 saturated heterocycles. The van der Waals surface area contributed by atoms with Gasteiger partial charge in [-0.25, -0.2) is 0 Å². The Morgan fingerprint density at radius 2 is 1.88 bits per heavy atom. The Hall–Kier alpha value is -1.15. The Labute approximate surface area is 103 Å². The summed E-state index contributed by atoms with van der Waals surface area (Å²) in [5.74, 6) is 1.14. The van der Waals surface area contributed by atoms with Crippen molar-refractivity contribution in [2.75, 3.05) is 13.1 Å². The van der Waals surface area contributed by atoms with Gasteiger partial charge < -0.3 is 5.32 Å². The standard InChI is InChI=1S/C15H21NO/c17-15(12-14-4-2-1-3-5-14)7-6-13-8-10-16-11-9-13/h1-5,13,16H,6-12H2. The molecule has 2 rings (SSSR count). The summed E-state index contributed by atoms with van der Waals surface area (Å²) in [5, 5.41) is 3.36. The molecule has 1 fully saturated rings. The SMILES string of the molecule is O=C(CCC1CCNCC1)Cc1ccccc1. The minimum atomic E-state index is 0.384. The van der Waals surface area contributed by atoms with Crippen LogP contribution < -0.4 is 5.32 Å². The molecule has 0 spiro atoms. The number of carbonyl (C=O) groups is 1. The number of hydrogen-bond acceptors (Lipinski definition) is 2. The lowest BCUT2D eigenvalue weighted by molar-refractivity contribution is -0.118. The average molecular weight is 231 g/mol. The number of rotatable bonds is 5. The first-order chi connectivity index (χ1) is 8.34. The van der Waals surface area contributed by atoms with E-state index in [0.29, 0.717) is 12.2 Å². The average Bonchev–Trinajstić information content (AvgIpc) is 2.39. The van der Waals surface area contributed by atoms with Crippen molar-refractivity contribution in [1.29, 1.82) is 0 Å². The highest BCUT2D eigenvalue weighted by atomic mass is 16.1. The van der Waals surface area contributed by atoms with Gasteiger partial charge in [-0.1, -0.05) is 30.3 Å². The quantitative estimate of drug-likeness (QED) is 0.844. The number of hydrogen-bond donors (Lipinski definition) is 1. The van der Waals surface area contributed by atoms with E-state index in [1.807, 2.05) is 30.3 Å². The monoisotopic (exact) mass is 231 g/mol. The van der Waals surface area contributed by atoms with E-state index in [1.165, 1.54) is 12.8 Å². The largest absolute Gasteiger partial charge is 0.317 e. The highest BCUT2D eigenvalue weighted by Crippen LogP contribution is 2.18. The molecule has 0 aliphatic carbocycles. The molecular formula is C15H21NO. The van der Waals surface area contributed by atoms with Crippen LogP contribution in [0, 0.1) is 5.92 Å². The third kappa shape index (κ3) is 4.31. The third-order valence-corrected chi connectivity index (χ3v) is 3.53. The van der Waals surface area contributed by atoms with Crippen LogP contribution >= 0.6 is 0 Å². The summed E-state index contributed by atoms with van der Waals surface area (Å²) in [6, 6.07) is 10.0. The highest BCUT2D eigenvalue weighted by Gasteiger charge is 2.14. The van der Waals surface area contributed by atoms with E-state index >= 15 is 0 Å². The van der Waals surface area contributed by atoms with Crippen LogP contribution in [0.25, 0.3) is 0 Å². The van der Waals surface area contributed by atoms with Gasteiger partial charge in [-0.3, -0.25) is 4.79 Å². The lowest BCUT2D eigenvalue weighted by atomic mass is 9.91. The van der Waals surface area contributed by atoms with Crippen molar-refractivity contribution >= 4 is 5.78 Å². The van der Waals surface area contributed by atoms with Gasteiger partial charge in [-0.2, -0.15) is 0 Å². The van der Waals surface area contributed by atoms with Crippen LogP contribution in [0.1, 0.15) is 31.2 Å². The maximum absolute atomic E-state index is 11.8. The normalized spacial score (nSPS) is 16.9. The minimum Gasteiger partial charge on any atom is -0.317 e. The molecular weight excluding hydrogens is 210 g/mol. The van der Waals surface area contributed by atoms with E-state index in [0.717, 1.165) is 37.4 Å². The van der Waals surface area contributed by atoms with Crippen molar-refractivity contribution in [2.45, 2.75) is 32.1 Å². The van der Waals surface area contributed by atoms with Crippen molar-refractivity contribution in [2.24, 2.45) is 5.92 Å².